The van der Waals surface area contributed by atoms with Crippen LogP contribution in [0.25, 0.3) is 0 Å². The third kappa shape index (κ3) is 5.67. The molecule has 1 amide bonds. The largest absolute Gasteiger partial charge is 0.352 e. The van der Waals surface area contributed by atoms with E-state index in [2.05, 4.69) is 22.5 Å². The molecular formula is C14H28ClN3O. The average molecular weight is 290 g/mol. The smallest absolute Gasteiger partial charge is 0.234 e. The van der Waals surface area contributed by atoms with Gasteiger partial charge in [-0.25, -0.2) is 0 Å². The summed E-state index contributed by atoms with van der Waals surface area (Å²) in [6, 6.07) is 0.900. The van der Waals surface area contributed by atoms with Crippen molar-refractivity contribution in [3.63, 3.8) is 0 Å². The first-order valence-corrected chi connectivity index (χ1v) is 7.50. The minimum atomic E-state index is 0. The molecule has 0 bridgehead atoms. The van der Waals surface area contributed by atoms with Gasteiger partial charge in [-0.3, -0.25) is 9.69 Å². The summed E-state index contributed by atoms with van der Waals surface area (Å²) in [6.45, 7) is 5.74. The van der Waals surface area contributed by atoms with Gasteiger partial charge in [0, 0.05) is 31.7 Å². The van der Waals surface area contributed by atoms with Gasteiger partial charge in [-0.2, -0.15) is 0 Å². The summed E-state index contributed by atoms with van der Waals surface area (Å²) in [5.41, 5.74) is 0. The molecule has 1 saturated carbocycles. The summed E-state index contributed by atoms with van der Waals surface area (Å²) < 4.78 is 0. The third-order valence-corrected chi connectivity index (χ3v) is 4.21. The van der Waals surface area contributed by atoms with E-state index in [0.29, 0.717) is 18.6 Å². The Balaban J connectivity index is 0.00000180. The molecule has 0 aromatic heterocycles. The first kappa shape index (κ1) is 16.7. The second-order valence-corrected chi connectivity index (χ2v) is 5.78. The zero-order valence-electron chi connectivity index (χ0n) is 12.0. The van der Waals surface area contributed by atoms with E-state index in [9.17, 15) is 4.79 Å². The number of nitrogens with zero attached hydrogens (tertiary/aromatic N) is 1. The minimum absolute atomic E-state index is 0. The molecule has 0 radical (unpaired) electrons. The number of carbonyl (C=O) groups is 1. The second kappa shape index (κ2) is 8.77. The zero-order chi connectivity index (χ0) is 12.8. The number of halogens is 1. The summed E-state index contributed by atoms with van der Waals surface area (Å²) in [7, 11) is 0. The van der Waals surface area contributed by atoms with E-state index < -0.39 is 0 Å². The second-order valence-electron chi connectivity index (χ2n) is 5.78. The van der Waals surface area contributed by atoms with Crippen LogP contribution < -0.4 is 10.6 Å². The first-order chi connectivity index (χ1) is 8.75. The molecule has 1 heterocycles. The van der Waals surface area contributed by atoms with Crippen LogP contribution in [0.4, 0.5) is 0 Å². The third-order valence-electron chi connectivity index (χ3n) is 4.21. The summed E-state index contributed by atoms with van der Waals surface area (Å²) in [5.74, 6) is 0.218. The van der Waals surface area contributed by atoms with Gasteiger partial charge in [-0.1, -0.05) is 25.7 Å². The molecule has 1 aliphatic carbocycles. The summed E-state index contributed by atoms with van der Waals surface area (Å²) in [6.07, 6.45) is 7.55. The Morgan fingerprint density at radius 1 is 1.26 bits per heavy atom. The van der Waals surface area contributed by atoms with E-state index in [-0.39, 0.29) is 18.3 Å². The van der Waals surface area contributed by atoms with E-state index in [0.717, 1.165) is 19.6 Å². The van der Waals surface area contributed by atoms with Crippen LogP contribution in [0.5, 0.6) is 0 Å². The highest BCUT2D eigenvalue weighted by Crippen LogP contribution is 2.17. The SMILES string of the molecule is C[C@@H]1CNCCN1CC(=O)NC1CCCCCC1.Cl. The summed E-state index contributed by atoms with van der Waals surface area (Å²) in [5, 5.41) is 6.58. The van der Waals surface area contributed by atoms with Crippen LogP contribution in [0.1, 0.15) is 45.4 Å². The number of piperazine rings is 1. The Morgan fingerprint density at radius 2 is 1.95 bits per heavy atom. The molecule has 0 spiro atoms. The number of carbonyl (C=O) groups excluding carboxylic acids is 1. The fourth-order valence-electron chi connectivity index (χ4n) is 3.00. The van der Waals surface area contributed by atoms with Gasteiger partial charge < -0.3 is 10.6 Å². The molecule has 1 atom stereocenters. The molecule has 2 aliphatic rings. The number of nitrogens with one attached hydrogen (secondary N) is 2. The molecule has 0 aromatic rings. The fraction of sp³-hybridized carbons (Fsp3) is 0.929. The Morgan fingerprint density at radius 3 is 2.58 bits per heavy atom. The zero-order valence-corrected chi connectivity index (χ0v) is 12.8. The van der Waals surface area contributed by atoms with Crippen molar-refractivity contribution in [2.75, 3.05) is 26.2 Å². The van der Waals surface area contributed by atoms with Crippen molar-refractivity contribution in [3.05, 3.63) is 0 Å². The number of hydrogen-bond acceptors (Lipinski definition) is 3. The molecule has 19 heavy (non-hydrogen) atoms. The predicted octanol–water partition coefficient (Wildman–Crippen LogP) is 1.54. The van der Waals surface area contributed by atoms with Crippen molar-refractivity contribution in [1.29, 1.82) is 0 Å². The summed E-state index contributed by atoms with van der Waals surface area (Å²) in [4.78, 5) is 14.3. The molecule has 0 unspecified atom stereocenters. The molecule has 2 rings (SSSR count). The topological polar surface area (TPSA) is 44.4 Å². The maximum absolute atomic E-state index is 12.1. The van der Waals surface area contributed by atoms with E-state index in [1.54, 1.807) is 0 Å². The quantitative estimate of drug-likeness (QED) is 0.775. The lowest BCUT2D eigenvalue weighted by molar-refractivity contribution is -0.123. The molecule has 1 saturated heterocycles. The lowest BCUT2D eigenvalue weighted by atomic mass is 10.1. The van der Waals surface area contributed by atoms with Crippen molar-refractivity contribution in [2.24, 2.45) is 0 Å². The molecule has 5 heteroatoms. The number of rotatable bonds is 3. The lowest BCUT2D eigenvalue weighted by Crippen LogP contribution is -2.53. The van der Waals surface area contributed by atoms with Crippen LogP contribution in [-0.4, -0.2) is 49.1 Å². The lowest BCUT2D eigenvalue weighted by Gasteiger charge is -2.33. The normalized spacial score (nSPS) is 26.3. The van der Waals surface area contributed by atoms with Crippen molar-refractivity contribution in [2.45, 2.75) is 57.5 Å². The molecule has 1 aliphatic heterocycles. The van der Waals surface area contributed by atoms with Crippen LogP contribution >= 0.6 is 12.4 Å². The van der Waals surface area contributed by atoms with Crippen molar-refractivity contribution < 1.29 is 4.79 Å². The van der Waals surface area contributed by atoms with Crippen LogP contribution in [0, 0.1) is 0 Å². The van der Waals surface area contributed by atoms with E-state index in [1.165, 1.54) is 38.5 Å². The predicted molar refractivity (Wildman–Crippen MR) is 80.8 cm³/mol. The molecule has 2 N–H and O–H groups in total. The van der Waals surface area contributed by atoms with Gasteiger partial charge in [0.2, 0.25) is 5.91 Å². The van der Waals surface area contributed by atoms with Gasteiger partial charge in [0.15, 0.2) is 0 Å². The van der Waals surface area contributed by atoms with Crippen LogP contribution in [0.3, 0.4) is 0 Å². The summed E-state index contributed by atoms with van der Waals surface area (Å²) >= 11 is 0. The van der Waals surface area contributed by atoms with E-state index in [4.69, 9.17) is 0 Å². The maximum atomic E-state index is 12.1. The van der Waals surface area contributed by atoms with Gasteiger partial charge >= 0.3 is 0 Å². The van der Waals surface area contributed by atoms with Crippen molar-refractivity contribution in [1.82, 2.24) is 15.5 Å². The van der Waals surface area contributed by atoms with Gasteiger partial charge in [0.1, 0.15) is 0 Å². The van der Waals surface area contributed by atoms with Crippen LogP contribution in [0.2, 0.25) is 0 Å². The van der Waals surface area contributed by atoms with Gasteiger partial charge in [0.05, 0.1) is 6.54 Å². The first-order valence-electron chi connectivity index (χ1n) is 7.50. The van der Waals surface area contributed by atoms with Crippen molar-refractivity contribution >= 4 is 18.3 Å². The maximum Gasteiger partial charge on any atom is 0.234 e. The highest BCUT2D eigenvalue weighted by molar-refractivity contribution is 5.85. The van der Waals surface area contributed by atoms with Crippen LogP contribution in [-0.2, 0) is 4.79 Å². The minimum Gasteiger partial charge on any atom is -0.352 e. The standard InChI is InChI=1S/C14H27N3O.ClH/c1-12-10-15-8-9-17(12)11-14(18)16-13-6-4-2-3-5-7-13;/h12-13,15H,2-11H2,1H3,(H,16,18);1H/t12-;/m1./s1. The highest BCUT2D eigenvalue weighted by Gasteiger charge is 2.21. The van der Waals surface area contributed by atoms with Gasteiger partial charge in [-0.15, -0.1) is 12.4 Å². The monoisotopic (exact) mass is 289 g/mol. The van der Waals surface area contributed by atoms with Crippen molar-refractivity contribution in [3.8, 4) is 0 Å². The van der Waals surface area contributed by atoms with Crippen LogP contribution in [0.15, 0.2) is 0 Å². The average Bonchev–Trinajstić information content (AvgIpc) is 2.61. The Kier molecular flexibility index (Phi) is 7.73. The molecule has 4 nitrogen and oxygen atoms in total. The van der Waals surface area contributed by atoms with Gasteiger partial charge in [-0.05, 0) is 19.8 Å². The molecule has 2 fully saturated rings. The van der Waals surface area contributed by atoms with E-state index in [1.807, 2.05) is 0 Å². The molecule has 112 valence electrons. The Labute approximate surface area is 123 Å². The van der Waals surface area contributed by atoms with E-state index >= 15 is 0 Å². The fourth-order valence-corrected chi connectivity index (χ4v) is 3.00. The Bertz CT molecular complexity index is 267. The van der Waals surface area contributed by atoms with Gasteiger partial charge in [0.25, 0.3) is 0 Å². The number of amides is 1. The molecular weight excluding hydrogens is 262 g/mol. The Hall–Kier alpha value is -0.320. The molecule has 0 aromatic carbocycles. The number of hydrogen-bond donors (Lipinski definition) is 2. The highest BCUT2D eigenvalue weighted by atomic mass is 35.5.